The predicted octanol–water partition coefficient (Wildman–Crippen LogP) is 1.18. The highest BCUT2D eigenvalue weighted by Gasteiger charge is 2.21. The minimum absolute atomic E-state index is 0.263. The Bertz CT molecular complexity index is 366. The van der Waals surface area contributed by atoms with Gasteiger partial charge in [0.05, 0.1) is 0 Å². The third-order valence-electron chi connectivity index (χ3n) is 3.34. The minimum Gasteiger partial charge on any atom is -0.338 e. The molecule has 1 aromatic heterocycles. The summed E-state index contributed by atoms with van der Waals surface area (Å²) < 4.78 is 0. The number of hydrogen-bond acceptors (Lipinski definition) is 3. The van der Waals surface area contributed by atoms with Crippen LogP contribution in [0, 0.1) is 0 Å². The molecule has 2 heterocycles. The van der Waals surface area contributed by atoms with Crippen molar-refractivity contribution in [3.8, 4) is 0 Å². The van der Waals surface area contributed by atoms with E-state index >= 15 is 0 Å². The van der Waals surface area contributed by atoms with Gasteiger partial charge < -0.3 is 10.2 Å². The van der Waals surface area contributed by atoms with Gasteiger partial charge in [-0.2, -0.15) is 0 Å². The Morgan fingerprint density at radius 3 is 2.88 bits per heavy atom. The largest absolute Gasteiger partial charge is 0.338 e. The Morgan fingerprint density at radius 2 is 2.18 bits per heavy atom. The van der Waals surface area contributed by atoms with E-state index in [4.69, 9.17) is 0 Å². The van der Waals surface area contributed by atoms with Crippen molar-refractivity contribution in [2.45, 2.75) is 31.8 Å². The molecule has 0 bridgehead atoms. The maximum Gasteiger partial charge on any atom is 0.222 e. The van der Waals surface area contributed by atoms with Gasteiger partial charge >= 0.3 is 0 Å². The molecule has 1 atom stereocenters. The van der Waals surface area contributed by atoms with Gasteiger partial charge in [-0.1, -0.05) is 0 Å². The molecule has 1 unspecified atom stereocenters. The van der Waals surface area contributed by atoms with Crippen molar-refractivity contribution in [1.29, 1.82) is 0 Å². The second kappa shape index (κ2) is 5.77. The highest BCUT2D eigenvalue weighted by molar-refractivity contribution is 5.76. The molecule has 2 rings (SSSR count). The molecule has 1 aliphatic rings. The van der Waals surface area contributed by atoms with Gasteiger partial charge in [0.2, 0.25) is 5.91 Å². The first kappa shape index (κ1) is 12.0. The molecule has 1 fully saturated rings. The van der Waals surface area contributed by atoms with Crippen LogP contribution < -0.4 is 5.32 Å². The van der Waals surface area contributed by atoms with Gasteiger partial charge in [-0.3, -0.25) is 9.78 Å². The Labute approximate surface area is 102 Å². The standard InChI is InChI=1S/C13H19N3O/c1-14-12-2-3-13(17)16(9-6-12)10-11-4-7-15-8-5-11/h4-5,7-8,12,14H,2-3,6,9-10H2,1H3. The summed E-state index contributed by atoms with van der Waals surface area (Å²) in [6, 6.07) is 4.41. The van der Waals surface area contributed by atoms with Crippen LogP contribution in [-0.4, -0.2) is 35.4 Å². The van der Waals surface area contributed by atoms with E-state index in [2.05, 4.69) is 10.3 Å². The molecule has 0 aromatic carbocycles. The summed E-state index contributed by atoms with van der Waals surface area (Å²) >= 11 is 0. The van der Waals surface area contributed by atoms with E-state index in [1.807, 2.05) is 24.1 Å². The fraction of sp³-hybridized carbons (Fsp3) is 0.538. The van der Waals surface area contributed by atoms with Crippen LogP contribution >= 0.6 is 0 Å². The molecule has 0 aliphatic carbocycles. The smallest absolute Gasteiger partial charge is 0.222 e. The van der Waals surface area contributed by atoms with Crippen molar-refractivity contribution in [2.24, 2.45) is 0 Å². The molecule has 92 valence electrons. The van der Waals surface area contributed by atoms with Crippen LogP contribution in [0.2, 0.25) is 0 Å². The molecule has 1 amide bonds. The molecule has 0 radical (unpaired) electrons. The number of hydrogen-bond donors (Lipinski definition) is 1. The molecular formula is C13H19N3O. The van der Waals surface area contributed by atoms with Crippen LogP contribution in [0.5, 0.6) is 0 Å². The SMILES string of the molecule is CNC1CCC(=O)N(Cc2ccncc2)CC1. The lowest BCUT2D eigenvalue weighted by atomic mass is 10.1. The van der Waals surface area contributed by atoms with Gasteiger partial charge in [-0.25, -0.2) is 0 Å². The Balaban J connectivity index is 1.98. The van der Waals surface area contributed by atoms with Crippen molar-refractivity contribution in [2.75, 3.05) is 13.6 Å². The fourth-order valence-electron chi connectivity index (χ4n) is 2.20. The summed E-state index contributed by atoms with van der Waals surface area (Å²) in [7, 11) is 1.97. The van der Waals surface area contributed by atoms with Crippen LogP contribution in [0.25, 0.3) is 0 Å². The summed E-state index contributed by atoms with van der Waals surface area (Å²) in [6.45, 7) is 1.55. The number of nitrogens with one attached hydrogen (secondary N) is 1. The van der Waals surface area contributed by atoms with Crippen molar-refractivity contribution in [3.05, 3.63) is 30.1 Å². The number of amides is 1. The molecule has 17 heavy (non-hydrogen) atoms. The van der Waals surface area contributed by atoms with Gasteiger partial charge in [-0.15, -0.1) is 0 Å². The van der Waals surface area contributed by atoms with E-state index in [9.17, 15) is 4.79 Å². The first-order valence-corrected chi connectivity index (χ1v) is 6.13. The lowest BCUT2D eigenvalue weighted by Crippen LogP contribution is -2.30. The van der Waals surface area contributed by atoms with Gasteiger partial charge in [0, 0.05) is 37.9 Å². The molecule has 1 N–H and O–H groups in total. The van der Waals surface area contributed by atoms with E-state index in [0.717, 1.165) is 24.9 Å². The van der Waals surface area contributed by atoms with Gasteiger partial charge in [0.25, 0.3) is 0 Å². The zero-order valence-electron chi connectivity index (χ0n) is 10.2. The zero-order valence-corrected chi connectivity index (χ0v) is 10.2. The molecule has 4 heteroatoms. The van der Waals surface area contributed by atoms with E-state index in [1.165, 1.54) is 0 Å². The second-order valence-corrected chi connectivity index (χ2v) is 4.48. The zero-order chi connectivity index (χ0) is 12.1. The average molecular weight is 233 g/mol. The third kappa shape index (κ3) is 3.27. The van der Waals surface area contributed by atoms with E-state index in [-0.39, 0.29) is 5.91 Å². The van der Waals surface area contributed by atoms with Crippen LogP contribution in [0.4, 0.5) is 0 Å². The lowest BCUT2D eigenvalue weighted by molar-refractivity contribution is -0.131. The second-order valence-electron chi connectivity index (χ2n) is 4.48. The number of rotatable bonds is 3. The van der Waals surface area contributed by atoms with Gasteiger partial charge in [0.15, 0.2) is 0 Å². The van der Waals surface area contributed by atoms with Crippen LogP contribution in [-0.2, 0) is 11.3 Å². The topological polar surface area (TPSA) is 45.2 Å². The maximum atomic E-state index is 12.0. The number of carbonyl (C=O) groups is 1. The lowest BCUT2D eigenvalue weighted by Gasteiger charge is -2.20. The molecular weight excluding hydrogens is 214 g/mol. The first-order chi connectivity index (χ1) is 8.29. The van der Waals surface area contributed by atoms with Crippen molar-refractivity contribution < 1.29 is 4.79 Å². The molecule has 4 nitrogen and oxygen atoms in total. The average Bonchev–Trinajstić information content (AvgIpc) is 2.54. The number of nitrogens with zero attached hydrogens (tertiary/aromatic N) is 2. The summed E-state index contributed by atoms with van der Waals surface area (Å²) in [6.07, 6.45) is 6.17. The highest BCUT2D eigenvalue weighted by Crippen LogP contribution is 2.14. The van der Waals surface area contributed by atoms with Crippen LogP contribution in [0.3, 0.4) is 0 Å². The number of pyridine rings is 1. The van der Waals surface area contributed by atoms with Crippen LogP contribution in [0.15, 0.2) is 24.5 Å². The monoisotopic (exact) mass is 233 g/mol. The van der Waals surface area contributed by atoms with Gasteiger partial charge in [-0.05, 0) is 37.6 Å². The van der Waals surface area contributed by atoms with Crippen molar-refractivity contribution in [1.82, 2.24) is 15.2 Å². The Morgan fingerprint density at radius 1 is 1.41 bits per heavy atom. The molecule has 1 saturated heterocycles. The van der Waals surface area contributed by atoms with Crippen molar-refractivity contribution in [3.63, 3.8) is 0 Å². The third-order valence-corrected chi connectivity index (χ3v) is 3.34. The van der Waals surface area contributed by atoms with Crippen LogP contribution in [0.1, 0.15) is 24.8 Å². The van der Waals surface area contributed by atoms with Gasteiger partial charge in [0.1, 0.15) is 0 Å². The van der Waals surface area contributed by atoms with E-state index in [0.29, 0.717) is 19.0 Å². The maximum absolute atomic E-state index is 12.0. The number of aromatic nitrogens is 1. The molecule has 0 spiro atoms. The summed E-state index contributed by atoms with van der Waals surface area (Å²) in [4.78, 5) is 17.9. The summed E-state index contributed by atoms with van der Waals surface area (Å²) in [5.74, 6) is 0.263. The number of likely N-dealkylation sites (tertiary alicyclic amines) is 1. The first-order valence-electron chi connectivity index (χ1n) is 6.13. The molecule has 1 aromatic rings. The normalized spacial score (nSPS) is 21.4. The Hall–Kier alpha value is -1.42. The Kier molecular flexibility index (Phi) is 4.09. The predicted molar refractivity (Wildman–Crippen MR) is 66.4 cm³/mol. The molecule has 1 aliphatic heterocycles. The fourth-order valence-corrected chi connectivity index (χ4v) is 2.20. The summed E-state index contributed by atoms with van der Waals surface area (Å²) in [5.41, 5.74) is 1.15. The van der Waals surface area contributed by atoms with E-state index < -0.39 is 0 Å². The quantitative estimate of drug-likeness (QED) is 0.852. The minimum atomic E-state index is 0.263. The molecule has 0 saturated carbocycles. The highest BCUT2D eigenvalue weighted by atomic mass is 16.2. The van der Waals surface area contributed by atoms with E-state index in [1.54, 1.807) is 12.4 Å². The number of carbonyl (C=O) groups excluding carboxylic acids is 1. The van der Waals surface area contributed by atoms with Crippen molar-refractivity contribution >= 4 is 5.91 Å². The summed E-state index contributed by atoms with van der Waals surface area (Å²) in [5, 5.41) is 3.26.